The number of amides is 1. The van der Waals surface area contributed by atoms with E-state index in [0.717, 1.165) is 29.9 Å². The fourth-order valence-electron chi connectivity index (χ4n) is 3.41. The Labute approximate surface area is 139 Å². The minimum Gasteiger partial charge on any atom is -0.486 e. The Morgan fingerprint density at radius 2 is 1.92 bits per heavy atom. The van der Waals surface area contributed by atoms with E-state index in [1.54, 1.807) is 12.1 Å². The highest BCUT2D eigenvalue weighted by Gasteiger charge is 2.31. The molecule has 2 aliphatic heterocycles. The summed E-state index contributed by atoms with van der Waals surface area (Å²) < 4.78 is 24.6. The Kier molecular flexibility index (Phi) is 3.84. The first-order valence-corrected chi connectivity index (χ1v) is 8.18. The average molecular weight is 327 g/mol. The van der Waals surface area contributed by atoms with E-state index in [-0.39, 0.29) is 11.9 Å². The van der Waals surface area contributed by atoms with E-state index in [1.165, 1.54) is 12.1 Å². The van der Waals surface area contributed by atoms with Crippen LogP contribution in [0.4, 0.5) is 4.39 Å². The molecule has 2 aromatic rings. The Bertz CT molecular complexity index is 777. The van der Waals surface area contributed by atoms with Gasteiger partial charge in [0.05, 0.1) is 6.04 Å². The number of likely N-dealkylation sites (tertiary alicyclic amines) is 1. The zero-order chi connectivity index (χ0) is 16.5. The van der Waals surface area contributed by atoms with Crippen LogP contribution in [0.5, 0.6) is 11.5 Å². The number of hydrogen-bond acceptors (Lipinski definition) is 3. The monoisotopic (exact) mass is 327 g/mol. The lowest BCUT2D eigenvalue weighted by molar-refractivity contribution is 0.0734. The number of nitrogens with zero attached hydrogens (tertiary/aromatic N) is 1. The number of hydrogen-bond donors (Lipinski definition) is 0. The molecule has 0 aromatic heterocycles. The van der Waals surface area contributed by atoms with E-state index in [1.807, 2.05) is 23.1 Å². The molecule has 1 saturated heterocycles. The SMILES string of the molecule is O=C(c1cccc(F)c1)N1CCCC1c1ccc2c(c1)OCCO2. The van der Waals surface area contributed by atoms with E-state index in [9.17, 15) is 9.18 Å². The van der Waals surface area contributed by atoms with Crippen LogP contribution in [0.15, 0.2) is 42.5 Å². The van der Waals surface area contributed by atoms with Gasteiger partial charge in [0.15, 0.2) is 11.5 Å². The Hall–Kier alpha value is -2.56. The number of halogens is 1. The second-order valence-electron chi connectivity index (χ2n) is 6.07. The molecule has 4 rings (SSSR count). The van der Waals surface area contributed by atoms with Crippen LogP contribution in [0, 0.1) is 5.82 Å². The minimum atomic E-state index is -0.393. The van der Waals surface area contributed by atoms with Gasteiger partial charge in [-0.1, -0.05) is 12.1 Å². The molecule has 24 heavy (non-hydrogen) atoms. The fraction of sp³-hybridized carbons (Fsp3) is 0.316. The molecule has 0 radical (unpaired) electrons. The lowest BCUT2D eigenvalue weighted by atomic mass is 10.0. The van der Waals surface area contributed by atoms with Gasteiger partial charge in [0.25, 0.3) is 5.91 Å². The van der Waals surface area contributed by atoms with Crippen LogP contribution in [-0.2, 0) is 0 Å². The molecule has 1 unspecified atom stereocenters. The molecule has 5 heteroatoms. The van der Waals surface area contributed by atoms with Crippen molar-refractivity contribution in [3.05, 3.63) is 59.4 Å². The molecule has 2 aromatic carbocycles. The number of carbonyl (C=O) groups is 1. The van der Waals surface area contributed by atoms with Crippen molar-refractivity contribution in [3.8, 4) is 11.5 Å². The third kappa shape index (κ3) is 2.70. The molecule has 0 bridgehead atoms. The van der Waals surface area contributed by atoms with E-state index < -0.39 is 5.82 Å². The highest BCUT2D eigenvalue weighted by atomic mass is 19.1. The number of benzene rings is 2. The number of rotatable bonds is 2. The maximum atomic E-state index is 13.4. The van der Waals surface area contributed by atoms with Crippen LogP contribution in [-0.4, -0.2) is 30.6 Å². The van der Waals surface area contributed by atoms with Gasteiger partial charge in [-0.05, 0) is 48.7 Å². The quantitative estimate of drug-likeness (QED) is 0.846. The molecule has 1 atom stereocenters. The summed E-state index contributed by atoms with van der Waals surface area (Å²) in [6.07, 6.45) is 1.82. The standard InChI is InChI=1S/C19H18FNO3/c20-15-4-1-3-14(11-15)19(22)21-8-2-5-16(21)13-6-7-17-18(12-13)24-10-9-23-17/h1,3-4,6-7,11-12,16H,2,5,8-10H2. The van der Waals surface area contributed by atoms with Crippen molar-refractivity contribution >= 4 is 5.91 Å². The smallest absolute Gasteiger partial charge is 0.254 e. The van der Waals surface area contributed by atoms with Crippen molar-refractivity contribution in [2.45, 2.75) is 18.9 Å². The van der Waals surface area contributed by atoms with E-state index >= 15 is 0 Å². The first-order valence-electron chi connectivity index (χ1n) is 8.18. The highest BCUT2D eigenvalue weighted by molar-refractivity contribution is 5.94. The van der Waals surface area contributed by atoms with Gasteiger partial charge in [-0.3, -0.25) is 4.79 Å². The molecule has 4 nitrogen and oxygen atoms in total. The van der Waals surface area contributed by atoms with Crippen LogP contribution < -0.4 is 9.47 Å². The van der Waals surface area contributed by atoms with Gasteiger partial charge < -0.3 is 14.4 Å². The van der Waals surface area contributed by atoms with Crippen LogP contribution >= 0.6 is 0 Å². The van der Waals surface area contributed by atoms with Crippen molar-refractivity contribution in [3.63, 3.8) is 0 Å². The Morgan fingerprint density at radius 3 is 2.75 bits per heavy atom. The minimum absolute atomic E-state index is 0.0170. The van der Waals surface area contributed by atoms with E-state index in [4.69, 9.17) is 9.47 Å². The summed E-state index contributed by atoms with van der Waals surface area (Å²) in [7, 11) is 0. The molecule has 0 saturated carbocycles. The van der Waals surface area contributed by atoms with Gasteiger partial charge >= 0.3 is 0 Å². The molecule has 1 amide bonds. The van der Waals surface area contributed by atoms with Crippen molar-refractivity contribution in [1.82, 2.24) is 4.90 Å². The highest BCUT2D eigenvalue weighted by Crippen LogP contribution is 2.38. The third-order valence-electron chi connectivity index (χ3n) is 4.54. The predicted molar refractivity (Wildman–Crippen MR) is 86.8 cm³/mol. The van der Waals surface area contributed by atoms with Gasteiger partial charge in [-0.25, -0.2) is 4.39 Å². The Balaban J connectivity index is 1.62. The normalized spacial score (nSPS) is 19.4. The molecule has 0 aliphatic carbocycles. The second kappa shape index (κ2) is 6.15. The van der Waals surface area contributed by atoms with Crippen LogP contribution in [0.1, 0.15) is 34.8 Å². The van der Waals surface area contributed by atoms with Crippen LogP contribution in [0.2, 0.25) is 0 Å². The third-order valence-corrected chi connectivity index (χ3v) is 4.54. The summed E-state index contributed by atoms with van der Waals surface area (Å²) in [6.45, 7) is 1.77. The predicted octanol–water partition coefficient (Wildman–Crippen LogP) is 3.57. The van der Waals surface area contributed by atoms with Crippen molar-refractivity contribution < 1.29 is 18.7 Å². The van der Waals surface area contributed by atoms with Crippen LogP contribution in [0.25, 0.3) is 0 Å². The second-order valence-corrected chi connectivity index (χ2v) is 6.07. The number of fused-ring (bicyclic) bond motifs is 1. The average Bonchev–Trinajstić information content (AvgIpc) is 3.10. The molecule has 0 spiro atoms. The van der Waals surface area contributed by atoms with Crippen LogP contribution in [0.3, 0.4) is 0 Å². The topological polar surface area (TPSA) is 38.8 Å². The van der Waals surface area contributed by atoms with Crippen molar-refractivity contribution in [2.24, 2.45) is 0 Å². The molecule has 2 heterocycles. The summed E-state index contributed by atoms with van der Waals surface area (Å²) >= 11 is 0. The summed E-state index contributed by atoms with van der Waals surface area (Å²) in [6, 6.07) is 11.7. The Morgan fingerprint density at radius 1 is 1.08 bits per heavy atom. The molecule has 0 N–H and O–H groups in total. The van der Waals surface area contributed by atoms with Gasteiger partial charge in [0.1, 0.15) is 19.0 Å². The van der Waals surface area contributed by atoms with Gasteiger partial charge in [0.2, 0.25) is 0 Å². The van der Waals surface area contributed by atoms with Gasteiger partial charge in [-0.2, -0.15) is 0 Å². The largest absolute Gasteiger partial charge is 0.486 e. The van der Waals surface area contributed by atoms with Gasteiger partial charge in [-0.15, -0.1) is 0 Å². The van der Waals surface area contributed by atoms with Crippen molar-refractivity contribution in [2.75, 3.05) is 19.8 Å². The number of carbonyl (C=O) groups excluding carboxylic acids is 1. The van der Waals surface area contributed by atoms with Gasteiger partial charge in [0, 0.05) is 12.1 Å². The molecular weight excluding hydrogens is 309 g/mol. The molecule has 2 aliphatic rings. The zero-order valence-corrected chi connectivity index (χ0v) is 13.2. The first kappa shape index (κ1) is 15.0. The van der Waals surface area contributed by atoms with Crippen molar-refractivity contribution in [1.29, 1.82) is 0 Å². The summed E-state index contributed by atoms with van der Waals surface area (Å²) in [5.41, 5.74) is 1.42. The number of ether oxygens (including phenoxy) is 2. The molecule has 1 fully saturated rings. The summed E-state index contributed by atoms with van der Waals surface area (Å²) in [5.74, 6) is 0.942. The summed E-state index contributed by atoms with van der Waals surface area (Å²) in [4.78, 5) is 14.6. The lowest BCUT2D eigenvalue weighted by Gasteiger charge is -2.27. The van der Waals surface area contributed by atoms with E-state index in [0.29, 0.717) is 25.3 Å². The maximum absolute atomic E-state index is 13.4. The lowest BCUT2D eigenvalue weighted by Crippen LogP contribution is -2.30. The van der Waals surface area contributed by atoms with E-state index in [2.05, 4.69) is 0 Å². The first-order chi connectivity index (χ1) is 11.7. The molecular formula is C19H18FNO3. The summed E-state index contributed by atoms with van der Waals surface area (Å²) in [5, 5.41) is 0. The molecule has 124 valence electrons. The maximum Gasteiger partial charge on any atom is 0.254 e. The fourth-order valence-corrected chi connectivity index (χ4v) is 3.41. The zero-order valence-electron chi connectivity index (χ0n) is 13.2.